The van der Waals surface area contributed by atoms with Gasteiger partial charge in [0.15, 0.2) is 0 Å². The van der Waals surface area contributed by atoms with Crippen LogP contribution in [0.25, 0.3) is 0 Å². The highest BCUT2D eigenvalue weighted by Crippen LogP contribution is 2.20. The molecule has 0 aromatic heterocycles. The highest BCUT2D eigenvalue weighted by Gasteiger charge is 2.21. The van der Waals surface area contributed by atoms with Crippen LogP contribution >= 0.6 is 0 Å². The summed E-state index contributed by atoms with van der Waals surface area (Å²) < 4.78 is 11.0. The SMILES string of the molecule is CS(=O)CCNC(=O)N1CCc2ccc(C(=O)O)cc2C1. The molecule has 1 unspecified atom stereocenters. The maximum Gasteiger partial charge on any atom is 0.335 e. The molecule has 0 spiro atoms. The van der Waals surface area contributed by atoms with Crippen molar-refractivity contribution < 1.29 is 18.9 Å². The molecule has 1 heterocycles. The third-order valence-corrected chi connectivity index (χ3v) is 4.20. The lowest BCUT2D eigenvalue weighted by Crippen LogP contribution is -2.43. The van der Waals surface area contributed by atoms with Gasteiger partial charge in [0.2, 0.25) is 0 Å². The Balaban J connectivity index is 2.00. The Kier molecular flexibility index (Phi) is 4.95. The standard InChI is InChI=1S/C14H18N2O4S/c1-21(20)7-5-15-14(19)16-6-4-10-2-3-11(13(17)18)8-12(10)9-16/h2-3,8H,4-7,9H2,1H3,(H,15,19)(H,17,18). The number of nitrogens with one attached hydrogen (secondary N) is 1. The summed E-state index contributed by atoms with van der Waals surface area (Å²) in [4.78, 5) is 24.6. The molecule has 0 fully saturated rings. The second-order valence-electron chi connectivity index (χ2n) is 4.97. The van der Waals surface area contributed by atoms with Gasteiger partial charge in [0.25, 0.3) is 0 Å². The van der Waals surface area contributed by atoms with Crippen LogP contribution in [0.3, 0.4) is 0 Å². The van der Waals surface area contributed by atoms with Crippen LogP contribution < -0.4 is 5.32 Å². The minimum absolute atomic E-state index is 0.202. The average molecular weight is 310 g/mol. The largest absolute Gasteiger partial charge is 0.478 e. The molecule has 0 aliphatic carbocycles. The third-order valence-electron chi connectivity index (χ3n) is 3.42. The molecule has 6 nitrogen and oxygen atoms in total. The van der Waals surface area contributed by atoms with E-state index < -0.39 is 16.8 Å². The van der Waals surface area contributed by atoms with Gasteiger partial charge in [-0.3, -0.25) is 4.21 Å². The number of amides is 2. The normalized spacial score (nSPS) is 15.2. The van der Waals surface area contributed by atoms with Gasteiger partial charge in [0.05, 0.1) is 5.56 Å². The minimum Gasteiger partial charge on any atom is -0.478 e. The van der Waals surface area contributed by atoms with Crippen LogP contribution in [0.4, 0.5) is 4.79 Å². The average Bonchev–Trinajstić information content (AvgIpc) is 2.45. The first kappa shape index (κ1) is 15.5. The van der Waals surface area contributed by atoms with E-state index in [2.05, 4.69) is 5.32 Å². The van der Waals surface area contributed by atoms with Gasteiger partial charge in [-0.1, -0.05) is 6.07 Å². The molecule has 114 valence electrons. The maximum atomic E-state index is 12.0. The summed E-state index contributed by atoms with van der Waals surface area (Å²) in [5.74, 6) is -0.538. The highest BCUT2D eigenvalue weighted by atomic mass is 32.2. The fourth-order valence-corrected chi connectivity index (χ4v) is 2.67. The van der Waals surface area contributed by atoms with Crippen LogP contribution in [-0.2, 0) is 23.8 Å². The van der Waals surface area contributed by atoms with Crippen LogP contribution in [-0.4, -0.2) is 51.3 Å². The molecule has 2 N–H and O–H groups in total. The first-order chi connectivity index (χ1) is 9.97. The number of carboxylic acids is 1. The van der Waals surface area contributed by atoms with Gasteiger partial charge < -0.3 is 15.3 Å². The Morgan fingerprint density at radius 1 is 1.38 bits per heavy atom. The summed E-state index contributed by atoms with van der Waals surface area (Å²) in [7, 11) is -0.930. The zero-order valence-electron chi connectivity index (χ0n) is 11.8. The molecule has 1 atom stereocenters. The Labute approximate surface area is 125 Å². The molecule has 2 amide bonds. The second-order valence-corrected chi connectivity index (χ2v) is 6.52. The number of aromatic carboxylic acids is 1. The molecular weight excluding hydrogens is 292 g/mol. The van der Waals surface area contributed by atoms with Gasteiger partial charge in [-0.05, 0) is 29.7 Å². The van der Waals surface area contributed by atoms with Crippen molar-refractivity contribution in [1.82, 2.24) is 10.2 Å². The molecule has 0 bridgehead atoms. The van der Waals surface area contributed by atoms with E-state index in [0.717, 1.165) is 11.1 Å². The fourth-order valence-electron chi connectivity index (χ4n) is 2.28. The van der Waals surface area contributed by atoms with Crippen LogP contribution in [0.2, 0.25) is 0 Å². The smallest absolute Gasteiger partial charge is 0.335 e. The van der Waals surface area contributed by atoms with Crippen molar-refractivity contribution in [3.05, 3.63) is 34.9 Å². The van der Waals surface area contributed by atoms with Gasteiger partial charge in [0.1, 0.15) is 0 Å². The van der Waals surface area contributed by atoms with Gasteiger partial charge >= 0.3 is 12.0 Å². The van der Waals surface area contributed by atoms with Crippen LogP contribution in [0.1, 0.15) is 21.5 Å². The Morgan fingerprint density at radius 3 is 2.81 bits per heavy atom. The number of urea groups is 1. The van der Waals surface area contributed by atoms with Crippen LogP contribution in [0.5, 0.6) is 0 Å². The number of carbonyl (C=O) groups is 2. The van der Waals surface area contributed by atoms with Crippen molar-refractivity contribution in [2.24, 2.45) is 0 Å². The van der Waals surface area contributed by atoms with Gasteiger partial charge in [0, 0.05) is 42.4 Å². The van der Waals surface area contributed by atoms with Crippen molar-refractivity contribution in [2.75, 3.05) is 25.1 Å². The molecule has 0 radical (unpaired) electrons. The molecule has 21 heavy (non-hydrogen) atoms. The predicted molar refractivity (Wildman–Crippen MR) is 79.8 cm³/mol. The predicted octanol–water partition coefficient (Wildman–Crippen LogP) is 0.831. The molecule has 0 saturated carbocycles. The third kappa shape index (κ3) is 4.04. The number of carboxylic acid groups (broad SMARTS) is 1. The summed E-state index contributed by atoms with van der Waals surface area (Å²) in [6.45, 7) is 1.37. The lowest BCUT2D eigenvalue weighted by Gasteiger charge is -2.29. The number of hydrogen-bond donors (Lipinski definition) is 2. The number of hydrogen-bond acceptors (Lipinski definition) is 3. The summed E-state index contributed by atoms with van der Waals surface area (Å²) >= 11 is 0. The van der Waals surface area contributed by atoms with Crippen molar-refractivity contribution in [3.8, 4) is 0 Å². The Hall–Kier alpha value is -1.89. The van der Waals surface area contributed by atoms with E-state index in [9.17, 15) is 13.8 Å². The minimum atomic E-state index is -0.968. The van der Waals surface area contributed by atoms with E-state index in [0.29, 0.717) is 31.8 Å². The van der Waals surface area contributed by atoms with Crippen LogP contribution in [0.15, 0.2) is 18.2 Å². The molecule has 1 aromatic rings. The summed E-state index contributed by atoms with van der Waals surface area (Å²) in [6.07, 6.45) is 2.30. The molecule has 7 heteroatoms. The first-order valence-electron chi connectivity index (χ1n) is 6.65. The number of rotatable bonds is 4. The number of nitrogens with zero attached hydrogens (tertiary/aromatic N) is 1. The van der Waals surface area contributed by atoms with Crippen LogP contribution in [0, 0.1) is 0 Å². The van der Waals surface area contributed by atoms with E-state index in [1.807, 2.05) is 6.07 Å². The quantitative estimate of drug-likeness (QED) is 0.862. The fraction of sp³-hybridized carbons (Fsp3) is 0.429. The van der Waals surface area contributed by atoms with Gasteiger partial charge in [-0.15, -0.1) is 0 Å². The zero-order chi connectivity index (χ0) is 15.4. The summed E-state index contributed by atoms with van der Waals surface area (Å²) in [5.41, 5.74) is 2.19. The summed E-state index contributed by atoms with van der Waals surface area (Å²) in [6, 6.07) is 4.83. The Morgan fingerprint density at radius 2 is 2.14 bits per heavy atom. The van der Waals surface area contributed by atoms with Crippen molar-refractivity contribution in [1.29, 1.82) is 0 Å². The topological polar surface area (TPSA) is 86.7 Å². The summed E-state index contributed by atoms with van der Waals surface area (Å²) in [5, 5.41) is 11.7. The molecule has 1 aromatic carbocycles. The van der Waals surface area contributed by atoms with Gasteiger partial charge in [-0.25, -0.2) is 9.59 Å². The molecule has 1 aliphatic rings. The Bertz CT molecular complexity index is 588. The molecule has 0 saturated heterocycles. The van der Waals surface area contributed by atoms with E-state index in [-0.39, 0.29) is 11.6 Å². The maximum absolute atomic E-state index is 12.0. The lowest BCUT2D eigenvalue weighted by atomic mass is 9.97. The van der Waals surface area contributed by atoms with Gasteiger partial charge in [-0.2, -0.15) is 0 Å². The van der Waals surface area contributed by atoms with Crippen molar-refractivity contribution >= 4 is 22.8 Å². The van der Waals surface area contributed by atoms with Crippen molar-refractivity contribution in [2.45, 2.75) is 13.0 Å². The van der Waals surface area contributed by atoms with E-state index in [4.69, 9.17) is 5.11 Å². The van der Waals surface area contributed by atoms with E-state index >= 15 is 0 Å². The number of carbonyl (C=O) groups excluding carboxylic acids is 1. The molecule has 2 rings (SSSR count). The zero-order valence-corrected chi connectivity index (χ0v) is 12.6. The van der Waals surface area contributed by atoms with Crippen molar-refractivity contribution in [3.63, 3.8) is 0 Å². The number of benzene rings is 1. The van der Waals surface area contributed by atoms with E-state index in [1.54, 1.807) is 23.3 Å². The lowest BCUT2D eigenvalue weighted by molar-refractivity contribution is 0.0696. The first-order valence-corrected chi connectivity index (χ1v) is 8.38. The molecular formula is C14H18N2O4S. The second kappa shape index (κ2) is 6.71. The van der Waals surface area contributed by atoms with E-state index in [1.165, 1.54) is 0 Å². The molecule has 1 aliphatic heterocycles. The monoisotopic (exact) mass is 310 g/mol. The highest BCUT2D eigenvalue weighted by molar-refractivity contribution is 7.84. The number of fused-ring (bicyclic) bond motifs is 1.